The lowest BCUT2D eigenvalue weighted by molar-refractivity contribution is -0.139. The molecule has 0 radical (unpaired) electrons. The highest BCUT2D eigenvalue weighted by molar-refractivity contribution is 6.56. The summed E-state index contributed by atoms with van der Waals surface area (Å²) >= 11 is 30.3. The second kappa shape index (κ2) is 9.82. The summed E-state index contributed by atoms with van der Waals surface area (Å²) in [5.74, 6) is -2.73. The summed E-state index contributed by atoms with van der Waals surface area (Å²) in [6, 6.07) is 12.4. The van der Waals surface area contributed by atoms with Gasteiger partial charge in [0.15, 0.2) is 0 Å². The van der Waals surface area contributed by atoms with E-state index in [4.69, 9.17) is 62.7 Å². The number of esters is 1. The van der Waals surface area contributed by atoms with Gasteiger partial charge in [-0.25, -0.2) is 4.90 Å². The smallest absolute Gasteiger partial charge is 0.316 e. The predicted molar refractivity (Wildman–Crippen MR) is 142 cm³/mol. The Bertz CT molecular complexity index is 1440. The van der Waals surface area contributed by atoms with Crippen LogP contribution in [0.5, 0.6) is 5.75 Å². The van der Waals surface area contributed by atoms with E-state index >= 15 is 0 Å². The summed E-state index contributed by atoms with van der Waals surface area (Å²) in [5.41, 5.74) is 0.545. The largest absolute Gasteiger partial charge is 0.426 e. The number of benzene rings is 3. The minimum Gasteiger partial charge on any atom is -0.426 e. The number of nitrogens with zero attached hydrogens (tertiary/aromatic N) is 2. The maximum Gasteiger partial charge on any atom is 0.316 e. The number of halogens is 5. The standard InChI is InChI=1S/C25H13Cl5N2O5/c26-12-1-3-13(4-2-12)31-10-11(9-16(31)33)25(36)37-15-7-5-14(6-8-15)32-23(34)17-18(24(32)35)20(28)22(30)21(29)19(17)27/h1-8,11H,9-10H2/t11-/m1/s1. The van der Waals surface area contributed by atoms with Gasteiger partial charge in [0.2, 0.25) is 5.91 Å². The van der Waals surface area contributed by atoms with E-state index in [0.29, 0.717) is 10.7 Å². The molecule has 3 aromatic carbocycles. The molecule has 0 aliphatic carbocycles. The molecule has 0 spiro atoms. The fraction of sp³-hybridized carbons (Fsp3) is 0.120. The summed E-state index contributed by atoms with van der Waals surface area (Å²) in [6.07, 6.45) is 0.00121. The van der Waals surface area contributed by atoms with E-state index in [-0.39, 0.29) is 61.5 Å². The van der Waals surface area contributed by atoms with Crippen LogP contribution in [0.25, 0.3) is 0 Å². The van der Waals surface area contributed by atoms with Crippen molar-refractivity contribution in [3.8, 4) is 5.75 Å². The van der Waals surface area contributed by atoms with E-state index in [2.05, 4.69) is 0 Å². The van der Waals surface area contributed by atoms with Crippen LogP contribution < -0.4 is 14.5 Å². The normalized spacial score (nSPS) is 17.0. The van der Waals surface area contributed by atoms with E-state index in [1.807, 2.05) is 0 Å². The van der Waals surface area contributed by atoms with Crippen molar-refractivity contribution in [2.45, 2.75) is 6.42 Å². The highest BCUT2D eigenvalue weighted by Gasteiger charge is 2.42. The Hall–Kier alpha value is -2.81. The van der Waals surface area contributed by atoms with Crippen molar-refractivity contribution >= 4 is 93.1 Å². The highest BCUT2D eigenvalue weighted by Crippen LogP contribution is 2.45. The summed E-state index contributed by atoms with van der Waals surface area (Å²) in [5, 5.41) is -0.0584. The Morgan fingerprint density at radius 2 is 1.24 bits per heavy atom. The number of hydrogen-bond acceptors (Lipinski definition) is 5. The second-order valence-electron chi connectivity index (χ2n) is 8.25. The van der Waals surface area contributed by atoms with Gasteiger partial charge in [0, 0.05) is 23.7 Å². The van der Waals surface area contributed by atoms with Gasteiger partial charge >= 0.3 is 5.97 Å². The van der Waals surface area contributed by atoms with Gasteiger partial charge in [-0.2, -0.15) is 0 Å². The van der Waals surface area contributed by atoms with Gasteiger partial charge in [0.05, 0.1) is 42.8 Å². The van der Waals surface area contributed by atoms with Crippen molar-refractivity contribution in [2.24, 2.45) is 5.92 Å². The molecule has 2 aliphatic heterocycles. The molecule has 1 saturated heterocycles. The van der Waals surface area contributed by atoms with Crippen molar-refractivity contribution in [2.75, 3.05) is 16.3 Å². The third kappa shape index (κ3) is 4.45. The Morgan fingerprint density at radius 3 is 1.78 bits per heavy atom. The molecule has 2 aliphatic rings. The zero-order valence-corrected chi connectivity index (χ0v) is 22.2. The van der Waals surface area contributed by atoms with Gasteiger partial charge < -0.3 is 9.64 Å². The van der Waals surface area contributed by atoms with Gasteiger partial charge in [-0.1, -0.05) is 58.0 Å². The van der Waals surface area contributed by atoms with Gasteiger partial charge in [-0.05, 0) is 48.5 Å². The molecule has 0 bridgehead atoms. The van der Waals surface area contributed by atoms with Gasteiger partial charge in [0.1, 0.15) is 5.75 Å². The molecule has 5 rings (SSSR count). The lowest BCUT2D eigenvalue weighted by atomic mass is 10.1. The number of anilines is 2. The number of carbonyl (C=O) groups excluding carboxylic acids is 4. The second-order valence-corrected chi connectivity index (χ2v) is 10.2. The summed E-state index contributed by atoms with van der Waals surface area (Å²) in [6.45, 7) is 0.166. The number of ether oxygens (including phenoxy) is 1. The molecule has 0 unspecified atom stereocenters. The minimum atomic E-state index is -0.720. The molecule has 1 atom stereocenters. The Labute approximate surface area is 235 Å². The Kier molecular flexibility index (Phi) is 6.85. The maximum atomic E-state index is 13.0. The molecule has 188 valence electrons. The van der Waals surface area contributed by atoms with Crippen LogP contribution in [0.15, 0.2) is 48.5 Å². The molecular weight excluding hydrogens is 586 g/mol. The average molecular weight is 599 g/mol. The van der Waals surface area contributed by atoms with Crippen molar-refractivity contribution < 1.29 is 23.9 Å². The Balaban J connectivity index is 1.31. The minimum absolute atomic E-state index is 0.00121. The summed E-state index contributed by atoms with van der Waals surface area (Å²) in [7, 11) is 0. The van der Waals surface area contributed by atoms with Gasteiger partial charge in [-0.15, -0.1) is 0 Å². The molecular formula is C25H13Cl5N2O5. The third-order valence-electron chi connectivity index (χ3n) is 6.01. The van der Waals surface area contributed by atoms with Crippen molar-refractivity contribution in [3.05, 3.63) is 84.8 Å². The van der Waals surface area contributed by atoms with E-state index in [1.165, 1.54) is 29.2 Å². The molecule has 3 aromatic rings. The number of rotatable bonds is 4. The molecule has 0 saturated carbocycles. The van der Waals surface area contributed by atoms with E-state index in [0.717, 1.165) is 4.90 Å². The van der Waals surface area contributed by atoms with Crippen molar-refractivity contribution in [1.82, 2.24) is 0 Å². The van der Waals surface area contributed by atoms with Crippen molar-refractivity contribution in [3.63, 3.8) is 0 Å². The lowest BCUT2D eigenvalue weighted by Gasteiger charge is -2.17. The van der Waals surface area contributed by atoms with Crippen LogP contribution >= 0.6 is 58.0 Å². The predicted octanol–water partition coefficient (Wildman–Crippen LogP) is 6.71. The third-order valence-corrected chi connectivity index (χ3v) is 8.07. The number of fused-ring (bicyclic) bond motifs is 1. The molecule has 1 fully saturated rings. The molecule has 12 heteroatoms. The molecule has 7 nitrogen and oxygen atoms in total. The number of carbonyl (C=O) groups is 4. The lowest BCUT2D eigenvalue weighted by Crippen LogP contribution is -2.29. The topological polar surface area (TPSA) is 84.0 Å². The van der Waals surface area contributed by atoms with Gasteiger partial charge in [0.25, 0.3) is 11.8 Å². The average Bonchev–Trinajstić information content (AvgIpc) is 3.39. The fourth-order valence-corrected chi connectivity index (χ4v) is 5.32. The van der Waals surface area contributed by atoms with E-state index < -0.39 is 23.7 Å². The first-order valence-corrected chi connectivity index (χ1v) is 12.6. The SMILES string of the molecule is O=C(Oc1ccc(N2C(=O)c3c(Cl)c(Cl)c(Cl)c(Cl)c3C2=O)cc1)[C@@H]1CC(=O)N(c2ccc(Cl)cc2)C1. The zero-order valence-electron chi connectivity index (χ0n) is 18.4. The quantitative estimate of drug-likeness (QED) is 0.110. The first-order chi connectivity index (χ1) is 17.6. The summed E-state index contributed by atoms with van der Waals surface area (Å²) in [4.78, 5) is 53.6. The number of amides is 3. The Morgan fingerprint density at radius 1 is 0.730 bits per heavy atom. The van der Waals surface area contributed by atoms with Crippen LogP contribution in [-0.4, -0.2) is 30.2 Å². The van der Waals surface area contributed by atoms with Crippen LogP contribution in [0, 0.1) is 5.92 Å². The number of hydrogen-bond donors (Lipinski definition) is 0. The molecule has 37 heavy (non-hydrogen) atoms. The molecule has 3 amide bonds. The van der Waals surface area contributed by atoms with E-state index in [1.54, 1.807) is 24.3 Å². The van der Waals surface area contributed by atoms with Gasteiger partial charge in [-0.3, -0.25) is 19.2 Å². The van der Waals surface area contributed by atoms with E-state index in [9.17, 15) is 19.2 Å². The fourth-order valence-electron chi connectivity index (χ4n) is 4.18. The summed E-state index contributed by atoms with van der Waals surface area (Å²) < 4.78 is 5.45. The highest BCUT2D eigenvalue weighted by atomic mass is 35.5. The molecule has 2 heterocycles. The molecule has 0 N–H and O–H groups in total. The monoisotopic (exact) mass is 596 g/mol. The van der Waals surface area contributed by atoms with Crippen LogP contribution in [-0.2, 0) is 9.59 Å². The van der Waals surface area contributed by atoms with Crippen LogP contribution in [0.4, 0.5) is 11.4 Å². The first-order valence-electron chi connectivity index (χ1n) is 10.7. The zero-order chi connectivity index (χ0) is 26.6. The molecule has 0 aromatic heterocycles. The number of imide groups is 1. The van der Waals surface area contributed by atoms with Crippen LogP contribution in [0.2, 0.25) is 25.1 Å². The van der Waals surface area contributed by atoms with Crippen LogP contribution in [0.3, 0.4) is 0 Å². The maximum absolute atomic E-state index is 13.0. The van der Waals surface area contributed by atoms with Crippen molar-refractivity contribution in [1.29, 1.82) is 0 Å². The first kappa shape index (κ1) is 25.8. The van der Waals surface area contributed by atoms with Crippen LogP contribution in [0.1, 0.15) is 27.1 Å².